The molecule has 3 nitrogen and oxygen atoms in total. The predicted molar refractivity (Wildman–Crippen MR) is 89.0 cm³/mol. The van der Waals surface area contributed by atoms with Crippen LogP contribution in [0.1, 0.15) is 0 Å². The van der Waals surface area contributed by atoms with Crippen LogP contribution in [-0.2, 0) is 7.05 Å². The number of hydrogen-bond acceptors (Lipinski definition) is 2. The Morgan fingerprint density at radius 1 is 0.952 bits per heavy atom. The Labute approximate surface area is 124 Å². The quantitative estimate of drug-likeness (QED) is 0.719. The second-order valence-corrected chi connectivity index (χ2v) is 5.43. The lowest BCUT2D eigenvalue weighted by Gasteiger charge is -2.15. The summed E-state index contributed by atoms with van der Waals surface area (Å²) < 4.78 is 1.73. The van der Waals surface area contributed by atoms with Crippen LogP contribution in [0.5, 0.6) is 0 Å². The minimum atomic E-state index is 0.0320. The number of benzene rings is 2. The third kappa shape index (κ3) is 2.31. The van der Waals surface area contributed by atoms with Gasteiger partial charge in [-0.15, -0.1) is 0 Å². The molecule has 106 valence electrons. The van der Waals surface area contributed by atoms with Crippen molar-refractivity contribution in [2.24, 2.45) is 7.05 Å². The highest BCUT2D eigenvalue weighted by Gasteiger charge is 2.09. The molecule has 21 heavy (non-hydrogen) atoms. The maximum Gasteiger partial charge on any atom is 0.258 e. The average molecular weight is 278 g/mol. The zero-order chi connectivity index (χ0) is 15.0. The molecule has 0 atom stereocenters. The van der Waals surface area contributed by atoms with E-state index >= 15 is 0 Å². The van der Waals surface area contributed by atoms with Gasteiger partial charge in [-0.2, -0.15) is 0 Å². The molecule has 0 aliphatic heterocycles. The van der Waals surface area contributed by atoms with Gasteiger partial charge in [-0.05, 0) is 29.1 Å². The van der Waals surface area contributed by atoms with Gasteiger partial charge in [0, 0.05) is 32.4 Å². The maximum absolute atomic E-state index is 12.6. The molecule has 0 aliphatic rings. The average Bonchev–Trinajstić information content (AvgIpc) is 2.51. The highest BCUT2D eigenvalue weighted by Crippen LogP contribution is 2.23. The maximum atomic E-state index is 12.6. The smallest absolute Gasteiger partial charge is 0.258 e. The van der Waals surface area contributed by atoms with Crippen molar-refractivity contribution >= 4 is 16.6 Å². The summed E-state index contributed by atoms with van der Waals surface area (Å²) in [6.45, 7) is 0. The van der Waals surface area contributed by atoms with Crippen molar-refractivity contribution in [3.63, 3.8) is 0 Å². The molecule has 0 radical (unpaired) electrons. The number of hydrogen-bond donors (Lipinski definition) is 0. The number of fused-ring (bicyclic) bond motifs is 1. The minimum absolute atomic E-state index is 0.0320. The molecule has 2 aromatic carbocycles. The molecule has 0 amide bonds. The molecule has 0 fully saturated rings. The summed E-state index contributed by atoms with van der Waals surface area (Å²) in [5, 5.41) is 1.07. The van der Waals surface area contributed by atoms with Crippen molar-refractivity contribution in [3.05, 3.63) is 65.0 Å². The summed E-state index contributed by atoms with van der Waals surface area (Å²) >= 11 is 0. The molecule has 0 saturated heterocycles. The Morgan fingerprint density at radius 3 is 2.33 bits per heavy atom. The van der Waals surface area contributed by atoms with Gasteiger partial charge in [0.2, 0.25) is 0 Å². The van der Waals surface area contributed by atoms with Crippen LogP contribution >= 0.6 is 0 Å². The molecule has 0 spiro atoms. The van der Waals surface area contributed by atoms with Crippen molar-refractivity contribution in [2.45, 2.75) is 0 Å². The fourth-order valence-electron chi connectivity index (χ4n) is 2.55. The fraction of sp³-hybridized carbons (Fsp3) is 0.167. The van der Waals surface area contributed by atoms with E-state index in [0.717, 1.165) is 27.7 Å². The van der Waals surface area contributed by atoms with Gasteiger partial charge in [-0.1, -0.05) is 36.4 Å². The van der Waals surface area contributed by atoms with Gasteiger partial charge in [-0.25, -0.2) is 0 Å². The molecular weight excluding hydrogens is 260 g/mol. The van der Waals surface area contributed by atoms with Crippen molar-refractivity contribution in [1.82, 2.24) is 4.57 Å². The fourth-order valence-corrected chi connectivity index (χ4v) is 2.55. The number of nitrogens with zero attached hydrogens (tertiary/aromatic N) is 2. The third-order valence-corrected chi connectivity index (χ3v) is 3.81. The second-order valence-electron chi connectivity index (χ2n) is 5.43. The third-order valence-electron chi connectivity index (χ3n) is 3.81. The Balaban J connectivity index is 2.30. The first-order valence-corrected chi connectivity index (χ1v) is 6.94. The van der Waals surface area contributed by atoms with Crippen molar-refractivity contribution in [1.29, 1.82) is 0 Å². The van der Waals surface area contributed by atoms with Crippen LogP contribution in [0.2, 0.25) is 0 Å². The standard InChI is InChI=1S/C18H18N2O/c1-19(2)15-10-9-14-11-16(13-7-5-4-6-8-13)18(21)20(3)17(14)12-15/h4-12H,1-3H3. The van der Waals surface area contributed by atoms with E-state index in [1.807, 2.05) is 68.5 Å². The summed E-state index contributed by atoms with van der Waals surface area (Å²) in [5.74, 6) is 0. The first-order valence-electron chi connectivity index (χ1n) is 6.94. The Morgan fingerprint density at radius 2 is 1.67 bits per heavy atom. The molecule has 0 unspecified atom stereocenters. The van der Waals surface area contributed by atoms with Crippen molar-refractivity contribution in [2.75, 3.05) is 19.0 Å². The van der Waals surface area contributed by atoms with Crippen molar-refractivity contribution in [3.8, 4) is 11.1 Å². The molecule has 0 saturated carbocycles. The Kier molecular flexibility index (Phi) is 3.26. The van der Waals surface area contributed by atoms with Crippen LogP contribution in [0.15, 0.2) is 59.4 Å². The van der Waals surface area contributed by atoms with E-state index in [0.29, 0.717) is 0 Å². The first kappa shape index (κ1) is 13.4. The van der Waals surface area contributed by atoms with E-state index in [-0.39, 0.29) is 5.56 Å². The number of anilines is 1. The van der Waals surface area contributed by atoms with Crippen LogP contribution < -0.4 is 10.5 Å². The molecular formula is C18H18N2O. The largest absolute Gasteiger partial charge is 0.378 e. The summed E-state index contributed by atoms with van der Waals surface area (Å²) in [7, 11) is 5.83. The molecule has 1 heterocycles. The molecule has 0 bridgehead atoms. The first-order chi connectivity index (χ1) is 10.1. The Hall–Kier alpha value is -2.55. The van der Waals surface area contributed by atoms with Crippen LogP contribution in [0, 0.1) is 0 Å². The molecule has 3 aromatic rings. The zero-order valence-electron chi connectivity index (χ0n) is 12.5. The van der Waals surface area contributed by atoms with Gasteiger partial charge >= 0.3 is 0 Å². The minimum Gasteiger partial charge on any atom is -0.378 e. The highest BCUT2D eigenvalue weighted by molar-refractivity contribution is 5.86. The monoisotopic (exact) mass is 278 g/mol. The molecule has 0 N–H and O–H groups in total. The lowest BCUT2D eigenvalue weighted by atomic mass is 10.0. The van der Waals surface area contributed by atoms with Gasteiger partial charge in [0.15, 0.2) is 0 Å². The number of aryl methyl sites for hydroxylation is 1. The van der Waals surface area contributed by atoms with Gasteiger partial charge in [0.25, 0.3) is 5.56 Å². The van der Waals surface area contributed by atoms with Gasteiger partial charge in [0.05, 0.1) is 5.52 Å². The molecule has 0 aliphatic carbocycles. The second kappa shape index (κ2) is 5.09. The van der Waals surface area contributed by atoms with Crippen LogP contribution in [-0.4, -0.2) is 18.7 Å². The summed E-state index contributed by atoms with van der Waals surface area (Å²) in [4.78, 5) is 14.7. The van der Waals surface area contributed by atoms with Crippen molar-refractivity contribution < 1.29 is 0 Å². The van der Waals surface area contributed by atoms with Crippen LogP contribution in [0.4, 0.5) is 5.69 Å². The lowest BCUT2D eigenvalue weighted by molar-refractivity contribution is 0.908. The van der Waals surface area contributed by atoms with E-state index in [9.17, 15) is 4.79 Å². The van der Waals surface area contributed by atoms with E-state index in [1.165, 1.54) is 0 Å². The normalized spacial score (nSPS) is 10.8. The lowest BCUT2D eigenvalue weighted by Crippen LogP contribution is -2.19. The number of pyridine rings is 1. The highest BCUT2D eigenvalue weighted by atomic mass is 16.1. The molecule has 3 heteroatoms. The topological polar surface area (TPSA) is 25.2 Å². The Bertz CT molecular complexity index is 848. The molecule has 3 rings (SSSR count). The van der Waals surface area contributed by atoms with E-state index in [2.05, 4.69) is 12.1 Å². The summed E-state index contributed by atoms with van der Waals surface area (Å²) in [5.41, 5.74) is 3.76. The van der Waals surface area contributed by atoms with Gasteiger partial charge in [-0.3, -0.25) is 4.79 Å². The van der Waals surface area contributed by atoms with E-state index in [1.54, 1.807) is 4.57 Å². The number of aromatic nitrogens is 1. The van der Waals surface area contributed by atoms with Crippen LogP contribution in [0.25, 0.3) is 22.0 Å². The predicted octanol–water partition coefficient (Wildman–Crippen LogP) is 3.27. The van der Waals surface area contributed by atoms with Gasteiger partial charge in [0.1, 0.15) is 0 Å². The number of rotatable bonds is 2. The zero-order valence-corrected chi connectivity index (χ0v) is 12.5. The van der Waals surface area contributed by atoms with Crippen LogP contribution in [0.3, 0.4) is 0 Å². The van der Waals surface area contributed by atoms with E-state index < -0.39 is 0 Å². The summed E-state index contributed by atoms with van der Waals surface area (Å²) in [6, 6.07) is 18.0. The summed E-state index contributed by atoms with van der Waals surface area (Å²) in [6.07, 6.45) is 0. The van der Waals surface area contributed by atoms with Gasteiger partial charge < -0.3 is 9.47 Å². The van der Waals surface area contributed by atoms with E-state index in [4.69, 9.17) is 0 Å². The molecule has 1 aromatic heterocycles. The SMILES string of the molecule is CN(C)c1ccc2cc(-c3ccccc3)c(=O)n(C)c2c1.